The number of H-pyrrole nitrogens is 1. The minimum Gasteiger partial charge on any atom is -0.489 e. The minimum atomic E-state index is -0.488. The Morgan fingerprint density at radius 2 is 1.96 bits per heavy atom. The summed E-state index contributed by atoms with van der Waals surface area (Å²) >= 11 is 0. The van der Waals surface area contributed by atoms with E-state index >= 15 is 0 Å². The predicted octanol–water partition coefficient (Wildman–Crippen LogP) is 3.77. The maximum absolute atomic E-state index is 12.2. The third kappa shape index (κ3) is 4.36. The Labute approximate surface area is 158 Å². The number of benzene rings is 2. The van der Waals surface area contributed by atoms with Gasteiger partial charge in [0.1, 0.15) is 12.4 Å². The average Bonchev–Trinajstić information content (AvgIpc) is 3.05. The van der Waals surface area contributed by atoms with E-state index in [1.165, 1.54) is 0 Å². The molecule has 0 fully saturated rings. The van der Waals surface area contributed by atoms with Crippen molar-refractivity contribution in [3.8, 4) is 5.75 Å². The zero-order valence-corrected chi connectivity index (χ0v) is 15.4. The second-order valence-corrected chi connectivity index (χ2v) is 5.77. The highest BCUT2D eigenvalue weighted by Gasteiger charge is 2.23. The molecule has 0 radical (unpaired) electrons. The number of carbonyl (C=O) groups is 1. The average molecular weight is 375 g/mol. The van der Waals surface area contributed by atoms with Crippen LogP contribution in [-0.4, -0.2) is 24.1 Å². The first-order chi connectivity index (χ1) is 12.2. The van der Waals surface area contributed by atoms with Gasteiger partial charge in [0.15, 0.2) is 0 Å². The predicted molar refractivity (Wildman–Crippen MR) is 105 cm³/mol. The van der Waals surface area contributed by atoms with E-state index in [-0.39, 0.29) is 24.9 Å². The Bertz CT molecular complexity index is 849. The summed E-state index contributed by atoms with van der Waals surface area (Å²) in [4.78, 5) is 15.3. The Morgan fingerprint density at radius 1 is 1.19 bits per heavy atom. The first-order valence-corrected chi connectivity index (χ1v) is 8.37. The molecule has 2 aromatic carbocycles. The molecule has 0 aliphatic carbocycles. The van der Waals surface area contributed by atoms with Crippen molar-refractivity contribution in [1.29, 1.82) is 0 Å². The number of rotatable bonds is 7. The molecule has 26 heavy (non-hydrogen) atoms. The van der Waals surface area contributed by atoms with Gasteiger partial charge >= 0.3 is 5.97 Å². The van der Waals surface area contributed by atoms with Crippen LogP contribution in [0.1, 0.15) is 24.0 Å². The van der Waals surface area contributed by atoms with Crippen molar-refractivity contribution in [1.82, 2.24) is 4.98 Å². The van der Waals surface area contributed by atoms with E-state index in [9.17, 15) is 4.79 Å². The highest BCUT2D eigenvalue weighted by atomic mass is 35.5. The van der Waals surface area contributed by atoms with Gasteiger partial charge in [-0.25, -0.2) is 0 Å². The van der Waals surface area contributed by atoms with Crippen molar-refractivity contribution in [2.75, 3.05) is 13.2 Å². The Hall–Kier alpha value is -2.50. The quantitative estimate of drug-likeness (QED) is 0.617. The van der Waals surface area contributed by atoms with E-state index < -0.39 is 5.92 Å². The van der Waals surface area contributed by atoms with E-state index in [4.69, 9.17) is 15.2 Å². The van der Waals surface area contributed by atoms with Crippen LogP contribution in [0.3, 0.4) is 0 Å². The van der Waals surface area contributed by atoms with Crippen LogP contribution < -0.4 is 10.5 Å². The van der Waals surface area contributed by atoms with Crippen molar-refractivity contribution in [2.45, 2.75) is 19.4 Å². The maximum Gasteiger partial charge on any atom is 0.314 e. The minimum absolute atomic E-state index is 0. The number of halogens is 1. The second kappa shape index (κ2) is 9.27. The molecule has 0 aliphatic rings. The lowest BCUT2D eigenvalue weighted by Gasteiger charge is -2.13. The molecule has 3 N–H and O–H groups in total. The Balaban J connectivity index is 0.00000243. The molecule has 0 unspecified atom stereocenters. The summed E-state index contributed by atoms with van der Waals surface area (Å²) in [5, 5.41) is 0.925. The van der Waals surface area contributed by atoms with Gasteiger partial charge in [-0.15, -0.1) is 12.4 Å². The van der Waals surface area contributed by atoms with Crippen LogP contribution in [0.15, 0.2) is 54.7 Å². The lowest BCUT2D eigenvalue weighted by molar-refractivity contribution is -0.144. The number of fused-ring (bicyclic) bond motifs is 1. The van der Waals surface area contributed by atoms with Crippen LogP contribution in [0.25, 0.3) is 10.9 Å². The molecular weight excluding hydrogens is 352 g/mol. The van der Waals surface area contributed by atoms with Gasteiger partial charge in [-0.2, -0.15) is 0 Å². The van der Waals surface area contributed by atoms with E-state index in [0.29, 0.717) is 13.2 Å². The van der Waals surface area contributed by atoms with Crippen molar-refractivity contribution in [3.05, 3.63) is 65.9 Å². The van der Waals surface area contributed by atoms with Gasteiger partial charge in [-0.05, 0) is 36.2 Å². The second-order valence-electron chi connectivity index (χ2n) is 5.77. The number of nitrogens with two attached hydrogens (primary N) is 1. The zero-order chi connectivity index (χ0) is 17.6. The molecule has 1 aromatic heterocycles. The molecule has 1 heterocycles. The molecule has 0 amide bonds. The number of hydrogen-bond acceptors (Lipinski definition) is 4. The summed E-state index contributed by atoms with van der Waals surface area (Å²) in [6.07, 6.45) is 1.82. The lowest BCUT2D eigenvalue weighted by Crippen LogP contribution is -2.23. The molecule has 3 aromatic rings. The molecule has 1 atom stereocenters. The summed E-state index contributed by atoms with van der Waals surface area (Å²) in [5.74, 6) is -0.0450. The van der Waals surface area contributed by atoms with E-state index in [1.807, 2.05) is 54.7 Å². The zero-order valence-electron chi connectivity index (χ0n) is 14.6. The number of esters is 1. The van der Waals surface area contributed by atoms with E-state index in [2.05, 4.69) is 4.98 Å². The molecule has 0 aliphatic heterocycles. The van der Waals surface area contributed by atoms with Gasteiger partial charge in [0.05, 0.1) is 12.5 Å². The molecule has 0 saturated heterocycles. The van der Waals surface area contributed by atoms with Gasteiger partial charge in [-0.1, -0.05) is 30.3 Å². The van der Waals surface area contributed by atoms with Crippen LogP contribution >= 0.6 is 12.4 Å². The Kier molecular flexibility index (Phi) is 7.06. The highest BCUT2D eigenvalue weighted by molar-refractivity contribution is 5.91. The van der Waals surface area contributed by atoms with Gasteiger partial charge in [0.2, 0.25) is 0 Å². The Morgan fingerprint density at radius 3 is 2.65 bits per heavy atom. The summed E-state index contributed by atoms with van der Waals surface area (Å²) < 4.78 is 11.0. The van der Waals surface area contributed by atoms with E-state index in [1.54, 1.807) is 6.92 Å². The molecule has 0 spiro atoms. The molecular formula is C20H23ClN2O3. The van der Waals surface area contributed by atoms with Crippen LogP contribution in [0, 0.1) is 0 Å². The summed E-state index contributed by atoms with van der Waals surface area (Å²) in [6, 6.07) is 15.8. The number of nitrogens with one attached hydrogen (secondary N) is 1. The maximum atomic E-state index is 12.2. The molecule has 0 bridgehead atoms. The first-order valence-electron chi connectivity index (χ1n) is 8.37. The standard InChI is InChI=1S/C20H22N2O3.ClH/c1-2-24-20(23)17(11-21)18-12-22-19-9-8-15(10-16(18)19)25-13-14-6-4-3-5-7-14;/h3-10,12,17,22H,2,11,13,21H2,1H3;1H/t17-;/m1./s1. The number of aromatic nitrogens is 1. The number of aromatic amines is 1. The fraction of sp³-hybridized carbons (Fsp3) is 0.250. The topological polar surface area (TPSA) is 77.3 Å². The normalized spacial score (nSPS) is 11.6. The summed E-state index contributed by atoms with van der Waals surface area (Å²) in [6.45, 7) is 2.81. The SMILES string of the molecule is CCOC(=O)[C@H](CN)c1c[nH]c2ccc(OCc3ccccc3)cc12.Cl. The van der Waals surface area contributed by atoms with Crippen LogP contribution in [0.2, 0.25) is 0 Å². The van der Waals surface area contributed by atoms with Gasteiger partial charge < -0.3 is 20.2 Å². The molecule has 6 heteroatoms. The van der Waals surface area contributed by atoms with Gasteiger partial charge in [0.25, 0.3) is 0 Å². The fourth-order valence-corrected chi connectivity index (χ4v) is 2.83. The molecule has 0 saturated carbocycles. The monoisotopic (exact) mass is 374 g/mol. The summed E-state index contributed by atoms with van der Waals surface area (Å²) in [5.41, 5.74) is 8.68. The van der Waals surface area contributed by atoms with Crippen LogP contribution in [0.4, 0.5) is 0 Å². The summed E-state index contributed by atoms with van der Waals surface area (Å²) in [7, 11) is 0. The number of carbonyl (C=O) groups excluding carboxylic acids is 1. The molecule has 3 rings (SSSR count). The molecule has 138 valence electrons. The van der Waals surface area contributed by atoms with Gasteiger partial charge in [0, 0.05) is 23.6 Å². The van der Waals surface area contributed by atoms with Crippen LogP contribution in [-0.2, 0) is 16.1 Å². The highest BCUT2D eigenvalue weighted by Crippen LogP contribution is 2.29. The van der Waals surface area contributed by atoms with Crippen molar-refractivity contribution in [3.63, 3.8) is 0 Å². The van der Waals surface area contributed by atoms with Crippen molar-refractivity contribution >= 4 is 29.3 Å². The third-order valence-corrected chi connectivity index (χ3v) is 4.12. The smallest absolute Gasteiger partial charge is 0.314 e. The lowest BCUT2D eigenvalue weighted by atomic mass is 9.98. The van der Waals surface area contributed by atoms with Crippen LogP contribution in [0.5, 0.6) is 5.75 Å². The van der Waals surface area contributed by atoms with E-state index in [0.717, 1.165) is 27.8 Å². The largest absolute Gasteiger partial charge is 0.489 e. The fourth-order valence-electron chi connectivity index (χ4n) is 2.83. The van der Waals surface area contributed by atoms with Crippen molar-refractivity contribution < 1.29 is 14.3 Å². The third-order valence-electron chi connectivity index (χ3n) is 4.12. The molecule has 5 nitrogen and oxygen atoms in total. The first kappa shape index (κ1) is 19.8. The number of hydrogen-bond donors (Lipinski definition) is 2. The van der Waals surface area contributed by atoms with Gasteiger partial charge in [-0.3, -0.25) is 4.79 Å². The number of ether oxygens (including phenoxy) is 2. The van der Waals surface area contributed by atoms with Crippen molar-refractivity contribution in [2.24, 2.45) is 5.73 Å².